The minimum Gasteiger partial charge on any atom is -0.396 e. The van der Waals surface area contributed by atoms with Gasteiger partial charge in [-0.25, -0.2) is 4.39 Å². The molecule has 1 aromatic carbocycles. The van der Waals surface area contributed by atoms with E-state index in [0.717, 1.165) is 31.5 Å². The van der Waals surface area contributed by atoms with Crippen LogP contribution in [0.4, 0.5) is 4.39 Å². The van der Waals surface area contributed by atoms with Gasteiger partial charge in [-0.15, -0.1) is 0 Å². The van der Waals surface area contributed by atoms with Crippen molar-refractivity contribution in [3.63, 3.8) is 0 Å². The summed E-state index contributed by atoms with van der Waals surface area (Å²) in [5.41, 5.74) is 1.17. The van der Waals surface area contributed by atoms with E-state index >= 15 is 0 Å². The number of benzene rings is 1. The molecule has 1 saturated heterocycles. The molecular weight excluding hydrogens is 243 g/mol. The Balaban J connectivity index is 2.13. The first kappa shape index (κ1) is 14.0. The number of halogens is 1. The zero-order valence-corrected chi connectivity index (χ0v) is 11.2. The van der Waals surface area contributed by atoms with Crippen LogP contribution in [0.3, 0.4) is 0 Å². The quantitative estimate of drug-likeness (QED) is 0.909. The number of likely N-dealkylation sites (tertiary alicyclic amines) is 1. The van der Waals surface area contributed by atoms with Gasteiger partial charge in [0.1, 0.15) is 5.82 Å². The zero-order chi connectivity index (χ0) is 13.9. The van der Waals surface area contributed by atoms with E-state index in [1.54, 1.807) is 0 Å². The average molecular weight is 262 g/mol. The lowest BCUT2D eigenvalue weighted by molar-refractivity contribution is 0.0428. The Labute approximate surface area is 113 Å². The number of piperidine rings is 1. The molecule has 0 bridgehead atoms. The first-order valence-electron chi connectivity index (χ1n) is 6.58. The van der Waals surface area contributed by atoms with Gasteiger partial charge >= 0.3 is 0 Å². The number of nitriles is 1. The molecular formula is C15H19FN2O. The number of hydrogen-bond donors (Lipinski definition) is 1. The highest BCUT2D eigenvalue weighted by atomic mass is 19.1. The Morgan fingerprint density at radius 1 is 1.53 bits per heavy atom. The van der Waals surface area contributed by atoms with Gasteiger partial charge in [0.15, 0.2) is 0 Å². The summed E-state index contributed by atoms with van der Waals surface area (Å²) in [7, 11) is 0. The monoisotopic (exact) mass is 262 g/mol. The fraction of sp³-hybridized carbons (Fsp3) is 0.533. The Bertz CT molecular complexity index is 497. The fourth-order valence-corrected chi connectivity index (χ4v) is 2.73. The van der Waals surface area contributed by atoms with E-state index in [2.05, 4.69) is 17.9 Å². The molecule has 0 saturated carbocycles. The van der Waals surface area contributed by atoms with Crippen LogP contribution in [0.2, 0.25) is 0 Å². The second-order valence-electron chi connectivity index (χ2n) is 5.70. The second-order valence-corrected chi connectivity index (χ2v) is 5.70. The Hall–Kier alpha value is -1.44. The predicted octanol–water partition coefficient (Wildman–Crippen LogP) is 2.29. The minimum atomic E-state index is -0.309. The molecule has 19 heavy (non-hydrogen) atoms. The van der Waals surface area contributed by atoms with Gasteiger partial charge in [-0.3, -0.25) is 4.90 Å². The molecule has 2 rings (SSSR count). The minimum absolute atomic E-state index is 0.0849. The SMILES string of the molecule is CC1(CO)CCCN(Cc2cc(F)ccc2C#N)C1. The predicted molar refractivity (Wildman–Crippen MR) is 70.8 cm³/mol. The van der Waals surface area contributed by atoms with Crippen molar-refractivity contribution in [2.75, 3.05) is 19.7 Å². The lowest BCUT2D eigenvalue weighted by Gasteiger charge is -2.39. The standard InChI is InChI=1S/C15H19FN2O/c1-15(11-19)5-2-6-18(10-15)9-13-7-14(16)4-3-12(13)8-17/h3-4,7,19H,2,5-6,9-11H2,1H3. The molecule has 1 aromatic rings. The number of rotatable bonds is 3. The summed E-state index contributed by atoms with van der Waals surface area (Å²) >= 11 is 0. The molecule has 0 amide bonds. The van der Waals surface area contributed by atoms with E-state index in [1.165, 1.54) is 18.2 Å². The van der Waals surface area contributed by atoms with Crippen LogP contribution in [-0.4, -0.2) is 29.7 Å². The lowest BCUT2D eigenvalue weighted by Crippen LogP contribution is -2.43. The van der Waals surface area contributed by atoms with Gasteiger partial charge in [-0.2, -0.15) is 5.26 Å². The molecule has 0 aromatic heterocycles. The van der Waals surface area contributed by atoms with Crippen molar-refractivity contribution >= 4 is 0 Å². The van der Waals surface area contributed by atoms with Gasteiger partial charge in [0.05, 0.1) is 11.6 Å². The van der Waals surface area contributed by atoms with Gasteiger partial charge in [0.25, 0.3) is 0 Å². The van der Waals surface area contributed by atoms with E-state index in [4.69, 9.17) is 5.26 Å². The summed E-state index contributed by atoms with van der Waals surface area (Å²) in [6.07, 6.45) is 2.03. The van der Waals surface area contributed by atoms with Crippen LogP contribution >= 0.6 is 0 Å². The van der Waals surface area contributed by atoms with Crippen molar-refractivity contribution in [2.24, 2.45) is 5.41 Å². The van der Waals surface area contributed by atoms with Crippen LogP contribution in [0.5, 0.6) is 0 Å². The molecule has 1 atom stereocenters. The average Bonchev–Trinajstić information content (AvgIpc) is 2.39. The Morgan fingerprint density at radius 3 is 3.00 bits per heavy atom. The van der Waals surface area contributed by atoms with Crippen LogP contribution in [-0.2, 0) is 6.54 Å². The summed E-state index contributed by atoms with van der Waals surface area (Å²) in [6.45, 7) is 4.51. The first-order valence-corrected chi connectivity index (χ1v) is 6.58. The van der Waals surface area contributed by atoms with Gasteiger partial charge in [0.2, 0.25) is 0 Å². The lowest BCUT2D eigenvalue weighted by atomic mass is 9.82. The van der Waals surface area contributed by atoms with Gasteiger partial charge in [-0.05, 0) is 43.1 Å². The van der Waals surface area contributed by atoms with Crippen molar-refractivity contribution in [1.29, 1.82) is 5.26 Å². The number of hydrogen-bond acceptors (Lipinski definition) is 3. The molecule has 1 N–H and O–H groups in total. The topological polar surface area (TPSA) is 47.3 Å². The maximum Gasteiger partial charge on any atom is 0.123 e. The van der Waals surface area contributed by atoms with Crippen molar-refractivity contribution in [3.8, 4) is 6.07 Å². The van der Waals surface area contributed by atoms with Gasteiger partial charge in [-0.1, -0.05) is 6.92 Å². The molecule has 102 valence electrons. The molecule has 1 heterocycles. The van der Waals surface area contributed by atoms with Gasteiger partial charge in [0, 0.05) is 25.1 Å². The maximum absolute atomic E-state index is 13.3. The Morgan fingerprint density at radius 2 is 2.32 bits per heavy atom. The van der Waals surface area contributed by atoms with Crippen LogP contribution < -0.4 is 0 Å². The van der Waals surface area contributed by atoms with E-state index in [-0.39, 0.29) is 17.8 Å². The van der Waals surface area contributed by atoms with E-state index in [0.29, 0.717) is 12.1 Å². The summed E-state index contributed by atoms with van der Waals surface area (Å²) in [6, 6.07) is 6.38. The highest BCUT2D eigenvalue weighted by molar-refractivity contribution is 5.37. The summed E-state index contributed by atoms with van der Waals surface area (Å²) in [5.74, 6) is -0.309. The van der Waals surface area contributed by atoms with Crippen molar-refractivity contribution in [3.05, 3.63) is 35.1 Å². The molecule has 1 fully saturated rings. The molecule has 4 heteroatoms. The smallest absolute Gasteiger partial charge is 0.123 e. The summed E-state index contributed by atoms with van der Waals surface area (Å²) in [4.78, 5) is 2.19. The molecule has 0 spiro atoms. The molecule has 3 nitrogen and oxygen atoms in total. The van der Waals surface area contributed by atoms with Crippen LogP contribution in [0, 0.1) is 22.6 Å². The molecule has 0 aliphatic carbocycles. The normalized spacial score (nSPS) is 24.1. The molecule has 1 aliphatic rings. The fourth-order valence-electron chi connectivity index (χ4n) is 2.73. The van der Waals surface area contributed by atoms with Crippen LogP contribution in [0.1, 0.15) is 30.9 Å². The third-order valence-electron chi connectivity index (χ3n) is 3.82. The van der Waals surface area contributed by atoms with Gasteiger partial charge < -0.3 is 5.11 Å². The zero-order valence-electron chi connectivity index (χ0n) is 11.2. The maximum atomic E-state index is 13.3. The Kier molecular flexibility index (Phi) is 4.18. The van der Waals surface area contributed by atoms with Crippen molar-refractivity contribution in [2.45, 2.75) is 26.3 Å². The highest BCUT2D eigenvalue weighted by Gasteiger charge is 2.30. The number of aliphatic hydroxyl groups is 1. The molecule has 0 radical (unpaired) electrons. The number of nitrogens with zero attached hydrogens (tertiary/aromatic N) is 2. The van der Waals surface area contributed by atoms with E-state index in [1.807, 2.05) is 0 Å². The molecule has 1 unspecified atom stereocenters. The second kappa shape index (κ2) is 5.68. The summed E-state index contributed by atoms with van der Waals surface area (Å²) in [5, 5.41) is 18.5. The molecule has 1 aliphatic heterocycles. The highest BCUT2D eigenvalue weighted by Crippen LogP contribution is 2.29. The van der Waals surface area contributed by atoms with Crippen LogP contribution in [0.25, 0.3) is 0 Å². The number of aliphatic hydroxyl groups excluding tert-OH is 1. The van der Waals surface area contributed by atoms with Crippen LogP contribution in [0.15, 0.2) is 18.2 Å². The van der Waals surface area contributed by atoms with E-state index in [9.17, 15) is 9.50 Å². The van der Waals surface area contributed by atoms with Crippen molar-refractivity contribution in [1.82, 2.24) is 4.90 Å². The third-order valence-corrected chi connectivity index (χ3v) is 3.82. The largest absolute Gasteiger partial charge is 0.396 e. The van der Waals surface area contributed by atoms with E-state index < -0.39 is 0 Å². The summed E-state index contributed by atoms with van der Waals surface area (Å²) < 4.78 is 13.3. The first-order chi connectivity index (χ1) is 9.06. The van der Waals surface area contributed by atoms with Crippen molar-refractivity contribution < 1.29 is 9.50 Å². The third kappa shape index (κ3) is 3.31.